The molecule has 2 aromatic heterocycles. The molecule has 0 atom stereocenters. The number of amides is 1. The predicted octanol–water partition coefficient (Wildman–Crippen LogP) is 2.83. The van der Waals surface area contributed by atoms with Crippen LogP contribution in [0.5, 0.6) is 5.75 Å². The molecular weight excluding hydrogens is 278 g/mol. The van der Waals surface area contributed by atoms with Gasteiger partial charge in [0.05, 0.1) is 5.69 Å². The number of hydrogen-bond acceptors (Lipinski definition) is 3. The third-order valence-electron chi connectivity index (χ3n) is 3.92. The van der Waals surface area contributed by atoms with Crippen molar-refractivity contribution in [2.45, 2.75) is 26.2 Å². The fraction of sp³-hybridized carbons (Fsp3) is 0.412. The van der Waals surface area contributed by atoms with Gasteiger partial charge < -0.3 is 4.74 Å². The molecule has 1 saturated carbocycles. The van der Waals surface area contributed by atoms with E-state index in [1.165, 1.54) is 0 Å². The number of carbonyl (C=O) groups excluding carboxylic acids is 1. The Morgan fingerprint density at radius 1 is 1.59 bits per heavy atom. The van der Waals surface area contributed by atoms with E-state index < -0.39 is 0 Å². The van der Waals surface area contributed by atoms with Crippen LogP contribution in [0.2, 0.25) is 0 Å². The number of hydrogen-bond donors (Lipinski definition) is 0. The second-order valence-electron chi connectivity index (χ2n) is 5.57. The molecule has 0 aromatic carbocycles. The summed E-state index contributed by atoms with van der Waals surface area (Å²) >= 11 is 0. The van der Waals surface area contributed by atoms with E-state index in [1.54, 1.807) is 11.0 Å². The SMILES string of the molecule is C=CCOc1cccn2c(N(C)C(=O)C3CC3)c(CC)nc12. The molecule has 0 radical (unpaired) electrons. The maximum Gasteiger partial charge on any atom is 0.231 e. The van der Waals surface area contributed by atoms with E-state index >= 15 is 0 Å². The standard InChI is InChI=1S/C17H21N3O2/c1-4-11-22-14-7-6-10-20-15(14)18-13(5-2)16(20)19(3)17(21)12-8-9-12/h4,6-7,10,12H,1,5,8-9,11H2,2-3H3. The number of aromatic nitrogens is 2. The van der Waals surface area contributed by atoms with Crippen LogP contribution in [0.25, 0.3) is 5.65 Å². The third kappa shape index (κ3) is 2.47. The Bertz CT molecular complexity index is 716. The van der Waals surface area contributed by atoms with Gasteiger partial charge in [-0.1, -0.05) is 19.6 Å². The number of pyridine rings is 1. The number of rotatable bonds is 6. The van der Waals surface area contributed by atoms with Crippen molar-refractivity contribution in [3.05, 3.63) is 36.7 Å². The first-order valence-corrected chi connectivity index (χ1v) is 7.68. The average Bonchev–Trinajstić information content (AvgIpc) is 3.31. The second-order valence-corrected chi connectivity index (χ2v) is 5.57. The van der Waals surface area contributed by atoms with Crippen molar-refractivity contribution in [3.8, 4) is 5.75 Å². The Morgan fingerprint density at radius 3 is 3.00 bits per heavy atom. The van der Waals surface area contributed by atoms with Crippen LogP contribution >= 0.6 is 0 Å². The molecule has 1 fully saturated rings. The number of ether oxygens (including phenoxy) is 1. The van der Waals surface area contributed by atoms with Gasteiger partial charge in [0.15, 0.2) is 11.4 Å². The van der Waals surface area contributed by atoms with Crippen LogP contribution < -0.4 is 9.64 Å². The zero-order valence-electron chi connectivity index (χ0n) is 13.1. The molecule has 0 aliphatic heterocycles. The van der Waals surface area contributed by atoms with Crippen molar-refractivity contribution >= 4 is 17.4 Å². The van der Waals surface area contributed by atoms with E-state index in [1.807, 2.05) is 36.7 Å². The first kappa shape index (κ1) is 14.6. The van der Waals surface area contributed by atoms with Gasteiger partial charge in [0.2, 0.25) is 5.91 Å². The van der Waals surface area contributed by atoms with Gasteiger partial charge in [-0.05, 0) is 31.4 Å². The van der Waals surface area contributed by atoms with Crippen LogP contribution in [0.1, 0.15) is 25.5 Å². The fourth-order valence-corrected chi connectivity index (χ4v) is 2.64. The molecule has 22 heavy (non-hydrogen) atoms. The highest BCUT2D eigenvalue weighted by atomic mass is 16.5. The molecule has 116 valence electrons. The number of fused-ring (bicyclic) bond motifs is 1. The molecule has 1 aliphatic rings. The Hall–Kier alpha value is -2.30. The minimum atomic E-state index is 0.175. The first-order valence-electron chi connectivity index (χ1n) is 7.68. The van der Waals surface area contributed by atoms with Crippen molar-refractivity contribution < 1.29 is 9.53 Å². The highest BCUT2D eigenvalue weighted by Crippen LogP contribution is 2.34. The average molecular weight is 299 g/mol. The summed E-state index contributed by atoms with van der Waals surface area (Å²) in [5, 5.41) is 0. The quantitative estimate of drug-likeness (QED) is 0.771. The summed E-state index contributed by atoms with van der Waals surface area (Å²) in [6, 6.07) is 3.79. The molecule has 0 bridgehead atoms. The number of aryl methyl sites for hydroxylation is 1. The van der Waals surface area contributed by atoms with Gasteiger partial charge in [0.1, 0.15) is 12.4 Å². The Balaban J connectivity index is 2.07. The number of imidazole rings is 1. The monoisotopic (exact) mass is 299 g/mol. The van der Waals surface area contributed by atoms with E-state index in [0.29, 0.717) is 12.4 Å². The predicted molar refractivity (Wildman–Crippen MR) is 86.4 cm³/mol. The molecule has 2 heterocycles. The van der Waals surface area contributed by atoms with Gasteiger partial charge in [-0.2, -0.15) is 0 Å². The van der Waals surface area contributed by atoms with Crippen LogP contribution in [0, 0.1) is 5.92 Å². The van der Waals surface area contributed by atoms with Crippen molar-refractivity contribution in [2.24, 2.45) is 5.92 Å². The van der Waals surface area contributed by atoms with Crippen LogP contribution in [0.4, 0.5) is 5.82 Å². The van der Waals surface area contributed by atoms with Gasteiger partial charge in [-0.15, -0.1) is 0 Å². The molecule has 0 N–H and O–H groups in total. The van der Waals surface area contributed by atoms with E-state index in [0.717, 1.165) is 36.4 Å². The molecule has 0 spiro atoms. The summed E-state index contributed by atoms with van der Waals surface area (Å²) < 4.78 is 7.62. The number of carbonyl (C=O) groups is 1. The zero-order chi connectivity index (χ0) is 15.7. The van der Waals surface area contributed by atoms with Gasteiger partial charge >= 0.3 is 0 Å². The van der Waals surface area contributed by atoms with Gasteiger partial charge in [0.25, 0.3) is 0 Å². The van der Waals surface area contributed by atoms with E-state index in [2.05, 4.69) is 11.6 Å². The van der Waals surface area contributed by atoms with Crippen LogP contribution in [-0.4, -0.2) is 28.9 Å². The lowest BCUT2D eigenvalue weighted by atomic mass is 10.3. The van der Waals surface area contributed by atoms with Gasteiger partial charge in [0, 0.05) is 19.2 Å². The lowest BCUT2D eigenvalue weighted by molar-refractivity contribution is -0.119. The molecular formula is C17H21N3O2. The zero-order valence-corrected chi connectivity index (χ0v) is 13.1. The van der Waals surface area contributed by atoms with E-state index in [4.69, 9.17) is 4.74 Å². The molecule has 0 saturated heterocycles. The summed E-state index contributed by atoms with van der Waals surface area (Å²) in [7, 11) is 1.83. The highest BCUT2D eigenvalue weighted by Gasteiger charge is 2.34. The Kier molecular flexibility index (Phi) is 3.88. The normalized spacial score (nSPS) is 14.1. The lowest BCUT2D eigenvalue weighted by Crippen LogP contribution is -2.29. The third-order valence-corrected chi connectivity index (χ3v) is 3.92. The van der Waals surface area contributed by atoms with E-state index in [-0.39, 0.29) is 11.8 Å². The molecule has 2 aromatic rings. The molecule has 5 heteroatoms. The summed E-state index contributed by atoms with van der Waals surface area (Å²) in [5.74, 6) is 1.91. The number of nitrogens with zero attached hydrogens (tertiary/aromatic N) is 3. The van der Waals surface area contributed by atoms with Crippen LogP contribution in [-0.2, 0) is 11.2 Å². The Labute approximate surface area is 130 Å². The smallest absolute Gasteiger partial charge is 0.231 e. The summed E-state index contributed by atoms with van der Waals surface area (Å²) in [4.78, 5) is 18.8. The summed E-state index contributed by atoms with van der Waals surface area (Å²) in [5.41, 5.74) is 1.65. The summed E-state index contributed by atoms with van der Waals surface area (Å²) in [6.07, 6.45) is 6.38. The topological polar surface area (TPSA) is 46.8 Å². The largest absolute Gasteiger partial charge is 0.486 e. The number of anilines is 1. The first-order chi connectivity index (χ1) is 10.7. The molecule has 5 nitrogen and oxygen atoms in total. The van der Waals surface area contributed by atoms with Crippen LogP contribution in [0.15, 0.2) is 31.0 Å². The van der Waals surface area contributed by atoms with Crippen molar-refractivity contribution in [1.82, 2.24) is 9.38 Å². The molecule has 1 aliphatic carbocycles. The highest BCUT2D eigenvalue weighted by molar-refractivity contribution is 5.96. The fourth-order valence-electron chi connectivity index (χ4n) is 2.64. The lowest BCUT2D eigenvalue weighted by Gasteiger charge is -2.18. The molecule has 0 unspecified atom stereocenters. The second kappa shape index (κ2) is 5.83. The Morgan fingerprint density at radius 2 is 2.36 bits per heavy atom. The maximum absolute atomic E-state index is 12.4. The van der Waals surface area contributed by atoms with E-state index in [9.17, 15) is 4.79 Å². The van der Waals surface area contributed by atoms with Crippen molar-refractivity contribution in [3.63, 3.8) is 0 Å². The van der Waals surface area contributed by atoms with Crippen molar-refractivity contribution in [1.29, 1.82) is 0 Å². The molecule has 1 amide bonds. The summed E-state index contributed by atoms with van der Waals surface area (Å²) in [6.45, 7) is 6.14. The van der Waals surface area contributed by atoms with Gasteiger partial charge in [-0.3, -0.25) is 14.1 Å². The minimum absolute atomic E-state index is 0.175. The van der Waals surface area contributed by atoms with Crippen LogP contribution in [0.3, 0.4) is 0 Å². The van der Waals surface area contributed by atoms with Gasteiger partial charge in [-0.25, -0.2) is 4.98 Å². The van der Waals surface area contributed by atoms with Crippen molar-refractivity contribution in [2.75, 3.05) is 18.6 Å². The molecule has 3 rings (SSSR count). The minimum Gasteiger partial charge on any atom is -0.486 e. The maximum atomic E-state index is 12.4.